The molecule has 2 aromatic rings. The predicted octanol–water partition coefficient (Wildman–Crippen LogP) is 2.97. The molecule has 10 nitrogen and oxygen atoms in total. The van der Waals surface area contributed by atoms with Gasteiger partial charge in [-0.15, -0.1) is 0 Å². The smallest absolute Gasteiger partial charge is 0.310 e. The van der Waals surface area contributed by atoms with Gasteiger partial charge in [-0.25, -0.2) is 8.42 Å². The minimum absolute atomic E-state index is 0.00588. The van der Waals surface area contributed by atoms with Crippen LogP contribution in [0.2, 0.25) is 0 Å². The highest BCUT2D eigenvalue weighted by Gasteiger charge is 2.37. The fraction of sp³-hybridized carbons (Fsp3) is 0.560. The number of carbonyl (C=O) groups excluding carboxylic acids is 2. The van der Waals surface area contributed by atoms with Crippen molar-refractivity contribution in [1.29, 1.82) is 0 Å². The molecule has 2 aliphatic heterocycles. The molecule has 1 fully saturated rings. The van der Waals surface area contributed by atoms with Gasteiger partial charge in [-0.1, -0.05) is 6.07 Å². The first kappa shape index (κ1) is 26.2. The molecule has 36 heavy (non-hydrogen) atoms. The predicted molar refractivity (Wildman–Crippen MR) is 132 cm³/mol. The van der Waals surface area contributed by atoms with Crippen LogP contribution in [0, 0.1) is 6.92 Å². The van der Waals surface area contributed by atoms with E-state index in [0.29, 0.717) is 42.3 Å². The zero-order valence-electron chi connectivity index (χ0n) is 21.3. The lowest BCUT2D eigenvalue weighted by molar-refractivity contribution is -0.153. The average molecular weight is 520 g/mol. The van der Waals surface area contributed by atoms with Crippen LogP contribution in [0.25, 0.3) is 0 Å². The molecule has 196 valence electrons. The Morgan fingerprint density at radius 3 is 2.56 bits per heavy atom. The van der Waals surface area contributed by atoms with E-state index < -0.39 is 27.7 Å². The van der Waals surface area contributed by atoms with Crippen molar-refractivity contribution in [2.75, 3.05) is 24.1 Å². The van der Waals surface area contributed by atoms with Gasteiger partial charge < -0.3 is 19.0 Å². The van der Waals surface area contributed by atoms with E-state index in [1.54, 1.807) is 50.6 Å². The number of Topliss-reactive ketones (excluding diaryl/α,β-unsaturated/α-hetero) is 1. The van der Waals surface area contributed by atoms with Crippen LogP contribution < -0.4 is 9.04 Å². The highest BCUT2D eigenvalue weighted by atomic mass is 32.2. The van der Waals surface area contributed by atoms with E-state index in [4.69, 9.17) is 14.2 Å². The quantitative estimate of drug-likeness (QED) is 0.489. The molecule has 1 saturated heterocycles. The Hall–Kier alpha value is -2.92. The van der Waals surface area contributed by atoms with Gasteiger partial charge in [0.2, 0.25) is 0 Å². The molecule has 1 aromatic carbocycles. The summed E-state index contributed by atoms with van der Waals surface area (Å²) in [5.41, 5.74) is 0.848. The SMILES string of the molecule is CC(=O)CC[C@H]1CN(S(=O)(=O)c2cnn(C3COC3)c2C)c2cc(CC(=O)OC(C)(C)C)ccc2O1. The van der Waals surface area contributed by atoms with Crippen LogP contribution in [-0.2, 0) is 35.5 Å². The fourth-order valence-corrected chi connectivity index (χ4v) is 5.91. The summed E-state index contributed by atoms with van der Waals surface area (Å²) in [5.74, 6) is -0.0251. The second-order valence-electron chi connectivity index (χ2n) is 10.3. The summed E-state index contributed by atoms with van der Waals surface area (Å²) < 4.78 is 47.6. The molecule has 0 N–H and O–H groups in total. The van der Waals surface area contributed by atoms with Crippen molar-refractivity contribution in [2.24, 2.45) is 0 Å². The van der Waals surface area contributed by atoms with Crippen LogP contribution in [0.4, 0.5) is 5.69 Å². The van der Waals surface area contributed by atoms with Gasteiger partial charge in [0.1, 0.15) is 28.1 Å². The maximum Gasteiger partial charge on any atom is 0.310 e. The van der Waals surface area contributed by atoms with E-state index in [1.165, 1.54) is 17.4 Å². The zero-order valence-corrected chi connectivity index (χ0v) is 22.1. The molecule has 0 aliphatic carbocycles. The highest BCUT2D eigenvalue weighted by Crippen LogP contribution is 2.39. The van der Waals surface area contributed by atoms with Crippen molar-refractivity contribution in [3.05, 3.63) is 35.7 Å². The number of ether oxygens (including phenoxy) is 3. The third-order valence-electron chi connectivity index (χ3n) is 6.08. The Morgan fingerprint density at radius 2 is 1.94 bits per heavy atom. The third-order valence-corrected chi connectivity index (χ3v) is 7.96. The van der Waals surface area contributed by atoms with Crippen molar-refractivity contribution in [1.82, 2.24) is 9.78 Å². The first-order chi connectivity index (χ1) is 16.8. The monoisotopic (exact) mass is 519 g/mol. The number of anilines is 1. The minimum atomic E-state index is -4.02. The molecule has 0 spiro atoms. The normalized spacial score (nSPS) is 18.2. The van der Waals surface area contributed by atoms with Crippen molar-refractivity contribution < 1.29 is 32.2 Å². The average Bonchev–Trinajstić information content (AvgIpc) is 3.10. The number of aromatic nitrogens is 2. The molecule has 0 bridgehead atoms. The first-order valence-electron chi connectivity index (χ1n) is 12.0. The Bertz CT molecular complexity index is 1260. The van der Waals surface area contributed by atoms with Gasteiger partial charge in [-0.2, -0.15) is 5.10 Å². The molecule has 0 saturated carbocycles. The summed E-state index contributed by atoms with van der Waals surface area (Å²) in [6, 6.07) is 5.05. The number of sulfonamides is 1. The number of nitrogens with zero attached hydrogens (tertiary/aromatic N) is 3. The zero-order chi connectivity index (χ0) is 26.3. The molecule has 1 aromatic heterocycles. The van der Waals surface area contributed by atoms with E-state index in [0.717, 1.165) is 0 Å². The lowest BCUT2D eigenvalue weighted by Gasteiger charge is -2.36. The number of hydrogen-bond donors (Lipinski definition) is 0. The van der Waals surface area contributed by atoms with Crippen LogP contribution in [-0.4, -0.2) is 61.4 Å². The molecular formula is C25H33N3O7S. The van der Waals surface area contributed by atoms with Gasteiger partial charge in [0.25, 0.3) is 10.0 Å². The summed E-state index contributed by atoms with van der Waals surface area (Å²) in [6.45, 7) is 9.61. The van der Waals surface area contributed by atoms with Crippen LogP contribution in [0.1, 0.15) is 57.8 Å². The van der Waals surface area contributed by atoms with Crippen LogP contribution >= 0.6 is 0 Å². The van der Waals surface area contributed by atoms with E-state index in [2.05, 4.69) is 5.10 Å². The van der Waals surface area contributed by atoms with Gasteiger partial charge in [-0.3, -0.25) is 13.8 Å². The summed E-state index contributed by atoms with van der Waals surface area (Å²) in [7, 11) is -4.02. The van der Waals surface area contributed by atoms with Crippen LogP contribution in [0.3, 0.4) is 0 Å². The van der Waals surface area contributed by atoms with Crippen LogP contribution in [0.15, 0.2) is 29.3 Å². The highest BCUT2D eigenvalue weighted by molar-refractivity contribution is 7.92. The third kappa shape index (κ3) is 5.57. The minimum Gasteiger partial charge on any atom is -0.486 e. The lowest BCUT2D eigenvalue weighted by Crippen LogP contribution is -2.44. The Labute approximate surface area is 211 Å². The number of rotatable bonds is 8. The number of fused-ring (bicyclic) bond motifs is 1. The summed E-state index contributed by atoms with van der Waals surface area (Å²) in [6.07, 6.45) is 1.53. The summed E-state index contributed by atoms with van der Waals surface area (Å²) >= 11 is 0. The van der Waals surface area contributed by atoms with Crippen molar-refractivity contribution in [3.8, 4) is 5.75 Å². The number of esters is 1. The van der Waals surface area contributed by atoms with Crippen molar-refractivity contribution in [3.63, 3.8) is 0 Å². The molecule has 1 atom stereocenters. The van der Waals surface area contributed by atoms with Crippen LogP contribution in [0.5, 0.6) is 5.75 Å². The second kappa shape index (κ2) is 9.85. The van der Waals surface area contributed by atoms with Gasteiger partial charge in [-0.05, 0) is 58.7 Å². The fourth-order valence-electron chi connectivity index (χ4n) is 4.27. The van der Waals surface area contributed by atoms with Crippen molar-refractivity contribution >= 4 is 27.5 Å². The molecule has 11 heteroatoms. The second-order valence-corrected chi connectivity index (χ2v) is 12.1. The standard InChI is InChI=1S/C25H33N3O7S/c1-16(29)6-8-20-13-27(36(31,32)23-12-26-28(17(23)2)19-14-33-15-19)21-10-18(7-9-22(21)34-20)11-24(30)35-25(3,4)5/h7,9-10,12,19-20H,6,8,11,13-15H2,1-5H3/t20-/m0/s1. The van der Waals surface area contributed by atoms with E-state index in [-0.39, 0.29) is 36.1 Å². The van der Waals surface area contributed by atoms with Gasteiger partial charge in [0, 0.05) is 6.42 Å². The van der Waals surface area contributed by atoms with Gasteiger partial charge >= 0.3 is 5.97 Å². The first-order valence-corrected chi connectivity index (χ1v) is 13.4. The molecule has 0 radical (unpaired) electrons. The number of carbonyl (C=O) groups is 2. The van der Waals surface area contributed by atoms with E-state index in [9.17, 15) is 18.0 Å². The molecular weight excluding hydrogens is 486 g/mol. The number of ketones is 1. The molecule has 2 aliphatic rings. The van der Waals surface area contributed by atoms with E-state index in [1.807, 2.05) is 0 Å². The Balaban J connectivity index is 1.69. The topological polar surface area (TPSA) is 117 Å². The van der Waals surface area contributed by atoms with Gasteiger partial charge in [0.05, 0.1) is 49.8 Å². The number of hydrogen-bond acceptors (Lipinski definition) is 8. The molecule has 3 heterocycles. The molecule has 0 unspecified atom stereocenters. The Kier molecular flexibility index (Phi) is 7.16. The summed E-state index contributed by atoms with van der Waals surface area (Å²) in [5, 5.41) is 4.32. The summed E-state index contributed by atoms with van der Waals surface area (Å²) in [4.78, 5) is 24.1. The largest absolute Gasteiger partial charge is 0.486 e. The van der Waals surface area contributed by atoms with Crippen molar-refractivity contribution in [2.45, 2.75) is 76.5 Å². The van der Waals surface area contributed by atoms with Gasteiger partial charge in [0.15, 0.2) is 0 Å². The molecule has 0 amide bonds. The maximum atomic E-state index is 13.9. The van der Waals surface area contributed by atoms with E-state index >= 15 is 0 Å². The lowest BCUT2D eigenvalue weighted by atomic mass is 10.1. The number of benzene rings is 1. The Morgan fingerprint density at radius 1 is 1.22 bits per heavy atom. The molecule has 4 rings (SSSR count). The maximum absolute atomic E-state index is 13.9.